The van der Waals surface area contributed by atoms with Crippen molar-refractivity contribution < 1.29 is 13.9 Å². The molecule has 2 aliphatic heterocycles. The minimum absolute atomic E-state index is 0.114. The van der Waals surface area contributed by atoms with Gasteiger partial charge in [-0.15, -0.1) is 0 Å². The second kappa shape index (κ2) is 5.84. The van der Waals surface area contributed by atoms with Gasteiger partial charge in [0.25, 0.3) is 5.91 Å². The van der Waals surface area contributed by atoms with Crippen LogP contribution in [-0.4, -0.2) is 42.6 Å². The van der Waals surface area contributed by atoms with E-state index in [1.807, 2.05) is 0 Å². The van der Waals surface area contributed by atoms with Gasteiger partial charge in [-0.3, -0.25) is 4.79 Å². The molecule has 3 rings (SSSR count). The third-order valence-corrected chi connectivity index (χ3v) is 3.87. The first-order chi connectivity index (χ1) is 10.2. The monoisotopic (exact) mass is 288 g/mol. The summed E-state index contributed by atoms with van der Waals surface area (Å²) in [6.45, 7) is 1.36. The predicted molar refractivity (Wildman–Crippen MR) is 76.1 cm³/mol. The fourth-order valence-electron chi connectivity index (χ4n) is 2.90. The molecule has 0 aromatic heterocycles. The van der Waals surface area contributed by atoms with Crippen molar-refractivity contribution in [3.8, 4) is 11.8 Å². The summed E-state index contributed by atoms with van der Waals surface area (Å²) in [5.41, 5.74) is 6.17. The summed E-state index contributed by atoms with van der Waals surface area (Å²) in [5.74, 6) is 4.93. The van der Waals surface area contributed by atoms with Gasteiger partial charge >= 0.3 is 0 Å². The molecule has 1 aromatic carbocycles. The topological polar surface area (TPSA) is 55.6 Å². The average molecular weight is 288 g/mol. The summed E-state index contributed by atoms with van der Waals surface area (Å²) in [5, 5.41) is 0. The van der Waals surface area contributed by atoms with Crippen LogP contribution in [-0.2, 0) is 4.74 Å². The van der Waals surface area contributed by atoms with Crippen molar-refractivity contribution in [3.05, 3.63) is 35.1 Å². The second-order valence-corrected chi connectivity index (χ2v) is 5.36. The van der Waals surface area contributed by atoms with Gasteiger partial charge in [0, 0.05) is 18.7 Å². The summed E-state index contributed by atoms with van der Waals surface area (Å²) in [4.78, 5) is 14.4. The Morgan fingerprint density at radius 1 is 1.38 bits per heavy atom. The minimum Gasteiger partial charge on any atom is -0.371 e. The number of halogens is 1. The number of ether oxygens (including phenoxy) is 1. The van der Waals surface area contributed by atoms with Gasteiger partial charge in [0.15, 0.2) is 0 Å². The highest BCUT2D eigenvalue weighted by molar-refractivity contribution is 5.96. The van der Waals surface area contributed by atoms with Crippen molar-refractivity contribution in [2.75, 3.05) is 19.6 Å². The van der Waals surface area contributed by atoms with E-state index in [9.17, 15) is 9.18 Å². The largest absolute Gasteiger partial charge is 0.371 e. The van der Waals surface area contributed by atoms with E-state index in [0.717, 1.165) is 12.8 Å². The van der Waals surface area contributed by atoms with Gasteiger partial charge < -0.3 is 15.4 Å². The number of carbonyl (C=O) groups is 1. The molecule has 2 fully saturated rings. The van der Waals surface area contributed by atoms with Crippen LogP contribution in [0, 0.1) is 17.7 Å². The number of fused-ring (bicyclic) bond motifs is 2. The van der Waals surface area contributed by atoms with Gasteiger partial charge in [-0.1, -0.05) is 11.8 Å². The third kappa shape index (κ3) is 2.92. The van der Waals surface area contributed by atoms with E-state index in [-0.39, 0.29) is 24.7 Å². The Kier molecular flexibility index (Phi) is 3.91. The fourth-order valence-corrected chi connectivity index (χ4v) is 2.90. The van der Waals surface area contributed by atoms with Crippen LogP contribution in [0.5, 0.6) is 0 Å². The van der Waals surface area contributed by atoms with Crippen LogP contribution in [0.15, 0.2) is 18.2 Å². The highest BCUT2D eigenvalue weighted by atomic mass is 19.1. The summed E-state index contributed by atoms with van der Waals surface area (Å²) < 4.78 is 19.1. The van der Waals surface area contributed by atoms with E-state index in [0.29, 0.717) is 24.2 Å². The molecule has 0 spiro atoms. The van der Waals surface area contributed by atoms with E-state index in [1.165, 1.54) is 18.2 Å². The molecule has 2 heterocycles. The Labute approximate surface area is 123 Å². The van der Waals surface area contributed by atoms with Gasteiger partial charge in [-0.2, -0.15) is 0 Å². The van der Waals surface area contributed by atoms with E-state index >= 15 is 0 Å². The molecule has 2 unspecified atom stereocenters. The quantitative estimate of drug-likeness (QED) is 0.788. The van der Waals surface area contributed by atoms with Crippen LogP contribution in [0.1, 0.15) is 28.8 Å². The molecule has 2 atom stereocenters. The van der Waals surface area contributed by atoms with Crippen molar-refractivity contribution in [1.29, 1.82) is 0 Å². The number of hydrogen-bond acceptors (Lipinski definition) is 3. The number of nitrogens with zero attached hydrogens (tertiary/aromatic N) is 1. The molecule has 1 amide bonds. The fraction of sp³-hybridized carbons (Fsp3) is 0.438. The molecule has 2 N–H and O–H groups in total. The van der Waals surface area contributed by atoms with Crippen LogP contribution in [0.25, 0.3) is 0 Å². The zero-order valence-electron chi connectivity index (χ0n) is 11.6. The first kappa shape index (κ1) is 14.1. The van der Waals surface area contributed by atoms with E-state index in [2.05, 4.69) is 11.8 Å². The predicted octanol–water partition coefficient (Wildman–Crippen LogP) is 1.14. The Morgan fingerprint density at radius 2 is 2.10 bits per heavy atom. The van der Waals surface area contributed by atoms with Crippen molar-refractivity contribution in [3.63, 3.8) is 0 Å². The van der Waals surface area contributed by atoms with Crippen LogP contribution in [0.4, 0.5) is 4.39 Å². The molecule has 2 aliphatic rings. The smallest absolute Gasteiger partial charge is 0.255 e. The van der Waals surface area contributed by atoms with Gasteiger partial charge in [0.2, 0.25) is 0 Å². The third-order valence-electron chi connectivity index (χ3n) is 3.87. The lowest BCUT2D eigenvalue weighted by atomic mass is 10.1. The van der Waals surface area contributed by atoms with Crippen LogP contribution < -0.4 is 5.73 Å². The molecule has 0 saturated carbocycles. The number of hydrogen-bond donors (Lipinski definition) is 1. The molecule has 5 heteroatoms. The van der Waals surface area contributed by atoms with E-state index in [4.69, 9.17) is 10.5 Å². The first-order valence-corrected chi connectivity index (χ1v) is 7.10. The lowest BCUT2D eigenvalue weighted by Crippen LogP contribution is -2.46. The molecule has 4 nitrogen and oxygen atoms in total. The normalized spacial score (nSPS) is 23.6. The van der Waals surface area contributed by atoms with Gasteiger partial charge in [0.05, 0.1) is 24.3 Å². The maximum Gasteiger partial charge on any atom is 0.255 e. The Balaban J connectivity index is 1.87. The molecule has 0 radical (unpaired) electrons. The summed E-state index contributed by atoms with van der Waals surface area (Å²) in [7, 11) is 0. The summed E-state index contributed by atoms with van der Waals surface area (Å²) in [6, 6.07) is 4.07. The maximum atomic E-state index is 13.4. The zero-order valence-corrected chi connectivity index (χ0v) is 11.6. The highest BCUT2D eigenvalue weighted by Crippen LogP contribution is 2.27. The van der Waals surface area contributed by atoms with Gasteiger partial charge in [-0.05, 0) is 31.0 Å². The van der Waals surface area contributed by atoms with Crippen molar-refractivity contribution in [2.24, 2.45) is 5.73 Å². The Hall–Kier alpha value is -1.90. The van der Waals surface area contributed by atoms with Crippen molar-refractivity contribution in [1.82, 2.24) is 4.90 Å². The maximum absolute atomic E-state index is 13.4. The molecule has 2 bridgehead atoms. The SMILES string of the molecule is NCC#Cc1cc(F)ccc1C(=O)N1CC2CCC(C1)O2. The number of nitrogens with two attached hydrogens (primary N) is 1. The average Bonchev–Trinajstić information content (AvgIpc) is 2.83. The molecule has 2 saturated heterocycles. The van der Waals surface area contributed by atoms with Crippen LogP contribution >= 0.6 is 0 Å². The summed E-state index contributed by atoms with van der Waals surface area (Å²) in [6.07, 6.45) is 2.26. The number of benzene rings is 1. The molecular formula is C16H17FN2O2. The van der Waals surface area contributed by atoms with Gasteiger partial charge in [0.1, 0.15) is 5.82 Å². The Bertz CT molecular complexity index is 608. The zero-order chi connectivity index (χ0) is 14.8. The molecule has 21 heavy (non-hydrogen) atoms. The standard InChI is InChI=1S/C16H17FN2O2/c17-12-3-6-15(11(8-12)2-1-7-18)16(20)19-9-13-4-5-14(10-19)21-13/h3,6,8,13-14H,4-5,7,9-10,18H2. The highest BCUT2D eigenvalue weighted by Gasteiger charge is 2.36. The van der Waals surface area contributed by atoms with Crippen molar-refractivity contribution >= 4 is 5.91 Å². The first-order valence-electron chi connectivity index (χ1n) is 7.10. The number of amides is 1. The van der Waals surface area contributed by atoms with E-state index in [1.54, 1.807) is 4.90 Å². The summed E-state index contributed by atoms with van der Waals surface area (Å²) >= 11 is 0. The lowest BCUT2D eigenvalue weighted by molar-refractivity contribution is -0.0303. The van der Waals surface area contributed by atoms with Gasteiger partial charge in [-0.25, -0.2) is 4.39 Å². The van der Waals surface area contributed by atoms with E-state index < -0.39 is 5.82 Å². The number of morpholine rings is 1. The Morgan fingerprint density at radius 3 is 2.76 bits per heavy atom. The molecule has 0 aliphatic carbocycles. The second-order valence-electron chi connectivity index (χ2n) is 5.36. The van der Waals surface area contributed by atoms with Crippen LogP contribution in [0.2, 0.25) is 0 Å². The number of rotatable bonds is 1. The molecule has 110 valence electrons. The number of carbonyl (C=O) groups excluding carboxylic acids is 1. The molecule has 1 aromatic rings. The number of likely N-dealkylation sites (tertiary alicyclic amines) is 1. The molecular weight excluding hydrogens is 271 g/mol. The minimum atomic E-state index is -0.407. The van der Waals surface area contributed by atoms with Crippen LogP contribution in [0.3, 0.4) is 0 Å². The lowest BCUT2D eigenvalue weighted by Gasteiger charge is -2.32. The van der Waals surface area contributed by atoms with Crippen molar-refractivity contribution in [2.45, 2.75) is 25.0 Å².